The predicted octanol–water partition coefficient (Wildman–Crippen LogP) is 2.15. The summed E-state index contributed by atoms with van der Waals surface area (Å²) < 4.78 is 4.72. The van der Waals surface area contributed by atoms with Crippen molar-refractivity contribution in [3.8, 4) is 0 Å². The van der Waals surface area contributed by atoms with E-state index >= 15 is 0 Å². The number of ether oxygens (including phenoxy) is 1. The topological polar surface area (TPSA) is 163 Å². The molecule has 262 valence electrons. The van der Waals surface area contributed by atoms with Gasteiger partial charge in [-0.3, -0.25) is 24.0 Å². The van der Waals surface area contributed by atoms with Crippen molar-refractivity contribution in [2.75, 3.05) is 14.2 Å². The van der Waals surface area contributed by atoms with E-state index < -0.39 is 59.8 Å². The van der Waals surface area contributed by atoms with Crippen molar-refractivity contribution in [2.24, 2.45) is 11.8 Å². The Labute approximate surface area is 283 Å². The third-order valence-electron chi connectivity index (χ3n) is 8.25. The zero-order valence-corrected chi connectivity index (χ0v) is 29.2. The summed E-state index contributed by atoms with van der Waals surface area (Å²) in [6.07, 6.45) is 0.884. The molecule has 12 heteroatoms. The van der Waals surface area contributed by atoms with E-state index in [1.165, 1.54) is 32.9 Å². The minimum absolute atomic E-state index is 0.130. The fraction of sp³-hybridized carbons (Fsp3) is 0.500. The number of carbonyl (C=O) groups is 6. The zero-order chi connectivity index (χ0) is 36.0. The van der Waals surface area contributed by atoms with Crippen molar-refractivity contribution in [2.45, 2.75) is 91.0 Å². The first-order valence-corrected chi connectivity index (χ1v) is 16.3. The van der Waals surface area contributed by atoms with Crippen LogP contribution in [0, 0.1) is 11.8 Å². The quantitative estimate of drug-likeness (QED) is 0.188. The molecule has 0 aliphatic carbocycles. The molecule has 0 aliphatic rings. The molecule has 0 saturated heterocycles. The van der Waals surface area contributed by atoms with E-state index in [4.69, 9.17) is 4.74 Å². The predicted molar refractivity (Wildman–Crippen MR) is 182 cm³/mol. The average Bonchev–Trinajstić information content (AvgIpc) is 3.05. The van der Waals surface area contributed by atoms with Crippen molar-refractivity contribution in [3.05, 3.63) is 71.8 Å². The van der Waals surface area contributed by atoms with Crippen LogP contribution in [-0.4, -0.2) is 84.8 Å². The van der Waals surface area contributed by atoms with Gasteiger partial charge in [0.15, 0.2) is 0 Å². The van der Waals surface area contributed by atoms with Crippen molar-refractivity contribution in [1.29, 1.82) is 0 Å². The molecule has 0 saturated carbocycles. The molecule has 0 aromatic heterocycles. The largest absolute Gasteiger partial charge is 0.467 e. The highest BCUT2D eigenvalue weighted by Crippen LogP contribution is 2.16. The standard InChI is InChI=1S/C36H51N5O7/c1-9-23(4)30(33(44)39-28(20-26-16-12-10-13-17-26)32(43)37-24(5)36(47)48-8)40-34(45)31(22(2)3)41(7)35(46)29(38-25(6)42)21-27-18-14-11-15-19-27/h10-19,22-24,28-31H,9,20-21H2,1-8H3,(H,37,43)(H,38,42)(H,39,44)(H,40,45)/t23-,24-,28-,29+,30-,31-/m0/s1. The number of nitrogens with one attached hydrogen (secondary N) is 4. The van der Waals surface area contributed by atoms with Crippen molar-refractivity contribution < 1.29 is 33.5 Å². The molecule has 0 fully saturated rings. The van der Waals surface area contributed by atoms with Crippen LogP contribution in [0.5, 0.6) is 0 Å². The van der Waals surface area contributed by atoms with E-state index in [0.29, 0.717) is 6.42 Å². The monoisotopic (exact) mass is 665 g/mol. The Morgan fingerprint density at radius 2 is 1.23 bits per heavy atom. The highest BCUT2D eigenvalue weighted by atomic mass is 16.5. The normalized spacial score (nSPS) is 14.7. The number of nitrogens with zero attached hydrogens (tertiary/aromatic N) is 1. The van der Waals surface area contributed by atoms with Crippen LogP contribution in [0.1, 0.15) is 59.1 Å². The lowest BCUT2D eigenvalue weighted by Gasteiger charge is -2.35. The van der Waals surface area contributed by atoms with Gasteiger partial charge >= 0.3 is 5.97 Å². The van der Waals surface area contributed by atoms with E-state index in [1.54, 1.807) is 13.8 Å². The Morgan fingerprint density at radius 3 is 1.69 bits per heavy atom. The number of benzene rings is 2. The fourth-order valence-electron chi connectivity index (χ4n) is 5.41. The lowest BCUT2D eigenvalue weighted by Crippen LogP contribution is -2.61. The Balaban J connectivity index is 2.33. The molecule has 6 atom stereocenters. The summed E-state index contributed by atoms with van der Waals surface area (Å²) in [5.74, 6) is -3.90. The van der Waals surface area contributed by atoms with Crippen molar-refractivity contribution in [1.82, 2.24) is 26.2 Å². The maximum absolute atomic E-state index is 13.9. The molecule has 2 aromatic rings. The van der Waals surface area contributed by atoms with E-state index in [0.717, 1.165) is 11.1 Å². The van der Waals surface area contributed by atoms with Gasteiger partial charge in [0.25, 0.3) is 0 Å². The molecule has 0 radical (unpaired) electrons. The smallest absolute Gasteiger partial charge is 0.328 e. The Hall–Kier alpha value is -4.74. The number of hydrogen-bond donors (Lipinski definition) is 4. The number of carbonyl (C=O) groups excluding carboxylic acids is 6. The number of hydrogen-bond acceptors (Lipinski definition) is 7. The fourth-order valence-corrected chi connectivity index (χ4v) is 5.41. The van der Waals surface area contributed by atoms with Crippen LogP contribution in [0.4, 0.5) is 0 Å². The van der Waals surface area contributed by atoms with Gasteiger partial charge in [0.05, 0.1) is 7.11 Å². The molecule has 5 amide bonds. The summed E-state index contributed by atoms with van der Waals surface area (Å²) in [5.41, 5.74) is 1.61. The van der Waals surface area contributed by atoms with E-state index in [-0.39, 0.29) is 30.6 Å². The minimum atomic E-state index is -1.07. The molecular formula is C36H51N5O7. The third kappa shape index (κ3) is 11.8. The number of methoxy groups -OCH3 is 1. The lowest BCUT2D eigenvalue weighted by atomic mass is 9.95. The Bertz CT molecular complexity index is 1390. The lowest BCUT2D eigenvalue weighted by molar-refractivity contribution is -0.145. The maximum atomic E-state index is 13.9. The Morgan fingerprint density at radius 1 is 0.708 bits per heavy atom. The average molecular weight is 666 g/mol. The van der Waals surface area contributed by atoms with Gasteiger partial charge < -0.3 is 30.9 Å². The van der Waals surface area contributed by atoms with Crippen molar-refractivity contribution >= 4 is 35.5 Å². The van der Waals surface area contributed by atoms with Crippen LogP contribution in [0.15, 0.2) is 60.7 Å². The molecule has 2 rings (SSSR count). The first kappa shape index (κ1) is 39.4. The molecule has 0 bridgehead atoms. The number of likely N-dealkylation sites (N-methyl/N-ethyl adjacent to an activating group) is 1. The van der Waals surface area contributed by atoms with E-state index in [1.807, 2.05) is 74.5 Å². The summed E-state index contributed by atoms with van der Waals surface area (Å²) in [5, 5.41) is 10.9. The second kappa shape index (κ2) is 19.2. The summed E-state index contributed by atoms with van der Waals surface area (Å²) in [7, 11) is 2.72. The second-order valence-electron chi connectivity index (χ2n) is 12.5. The van der Waals surface area contributed by atoms with Gasteiger partial charge in [-0.05, 0) is 29.9 Å². The van der Waals surface area contributed by atoms with Gasteiger partial charge in [0.2, 0.25) is 29.5 Å². The van der Waals surface area contributed by atoms with Crippen LogP contribution < -0.4 is 21.3 Å². The van der Waals surface area contributed by atoms with E-state index in [9.17, 15) is 28.8 Å². The van der Waals surface area contributed by atoms with Crippen LogP contribution >= 0.6 is 0 Å². The first-order chi connectivity index (χ1) is 22.7. The molecule has 0 heterocycles. The van der Waals surface area contributed by atoms with E-state index in [2.05, 4.69) is 21.3 Å². The van der Waals surface area contributed by atoms with Crippen LogP contribution in [0.25, 0.3) is 0 Å². The SMILES string of the molecule is CC[C@H](C)[C@H](NC(=O)[C@H](C(C)C)N(C)C(=O)[C@@H](Cc1ccccc1)NC(C)=O)C(=O)N[C@@H](Cc1ccccc1)C(=O)N[C@@H](C)C(=O)OC. The van der Waals surface area contributed by atoms with Crippen LogP contribution in [-0.2, 0) is 46.3 Å². The first-order valence-electron chi connectivity index (χ1n) is 16.3. The molecule has 0 spiro atoms. The highest BCUT2D eigenvalue weighted by molar-refractivity contribution is 5.96. The summed E-state index contributed by atoms with van der Waals surface area (Å²) in [6.45, 7) is 10.1. The maximum Gasteiger partial charge on any atom is 0.328 e. The number of amides is 5. The minimum Gasteiger partial charge on any atom is -0.467 e. The summed E-state index contributed by atoms with van der Waals surface area (Å²) >= 11 is 0. The molecule has 48 heavy (non-hydrogen) atoms. The molecule has 0 unspecified atom stereocenters. The second-order valence-corrected chi connectivity index (χ2v) is 12.5. The number of rotatable bonds is 17. The van der Waals surface area contributed by atoms with Gasteiger partial charge in [-0.1, -0.05) is 94.8 Å². The summed E-state index contributed by atoms with van der Waals surface area (Å²) in [4.78, 5) is 80.2. The van der Waals surface area contributed by atoms with Gasteiger partial charge in [0.1, 0.15) is 30.2 Å². The van der Waals surface area contributed by atoms with Crippen LogP contribution in [0.3, 0.4) is 0 Å². The Kier molecular flexibility index (Phi) is 15.8. The van der Waals surface area contributed by atoms with Crippen molar-refractivity contribution in [3.63, 3.8) is 0 Å². The van der Waals surface area contributed by atoms with Gasteiger partial charge in [-0.25, -0.2) is 4.79 Å². The number of esters is 1. The molecule has 2 aromatic carbocycles. The molecule has 0 aliphatic heterocycles. The summed E-state index contributed by atoms with van der Waals surface area (Å²) in [6, 6.07) is 13.4. The van der Waals surface area contributed by atoms with Crippen LogP contribution in [0.2, 0.25) is 0 Å². The molecule has 4 N–H and O–H groups in total. The highest BCUT2D eigenvalue weighted by Gasteiger charge is 2.37. The van der Waals surface area contributed by atoms with Gasteiger partial charge in [-0.2, -0.15) is 0 Å². The molecular weight excluding hydrogens is 614 g/mol. The van der Waals surface area contributed by atoms with Gasteiger partial charge in [-0.15, -0.1) is 0 Å². The zero-order valence-electron chi connectivity index (χ0n) is 29.2. The third-order valence-corrected chi connectivity index (χ3v) is 8.25. The molecule has 12 nitrogen and oxygen atoms in total. The van der Waals surface area contributed by atoms with Gasteiger partial charge in [0, 0.05) is 26.8 Å².